The van der Waals surface area contributed by atoms with E-state index >= 15 is 0 Å². The molecule has 0 saturated carbocycles. The van der Waals surface area contributed by atoms with Gasteiger partial charge in [-0.3, -0.25) is 9.69 Å². The van der Waals surface area contributed by atoms with Gasteiger partial charge in [-0.15, -0.1) is 0 Å². The van der Waals surface area contributed by atoms with Gasteiger partial charge in [0.05, 0.1) is 0 Å². The maximum Gasteiger partial charge on any atom is 0.410 e. The van der Waals surface area contributed by atoms with Crippen LogP contribution >= 0.6 is 0 Å². The van der Waals surface area contributed by atoms with Crippen LogP contribution in [0.5, 0.6) is 0 Å². The summed E-state index contributed by atoms with van der Waals surface area (Å²) in [6.45, 7) is 13.2. The topological polar surface area (TPSA) is 97.6 Å². The number of carbonyl (C=O) groups is 2. The normalized spacial score (nSPS) is 13.8. The van der Waals surface area contributed by atoms with Crippen LogP contribution in [0.2, 0.25) is 0 Å². The zero-order chi connectivity index (χ0) is 23.5. The minimum absolute atomic E-state index is 0.0172. The van der Waals surface area contributed by atoms with Crippen LogP contribution in [0.25, 0.3) is 0 Å². The van der Waals surface area contributed by atoms with Crippen molar-refractivity contribution in [3.63, 3.8) is 0 Å². The quantitative estimate of drug-likeness (QED) is 0.718. The third-order valence-corrected chi connectivity index (χ3v) is 5.07. The smallest absolute Gasteiger partial charge is 0.410 e. The molecular formula is C24H34N4O4. The molecule has 0 radical (unpaired) electrons. The monoisotopic (exact) mass is 442 g/mol. The Morgan fingerprint density at radius 1 is 1.12 bits per heavy atom. The SMILES string of the molecule is CC(C)(C)OC(=O)N1Cc2ccc(CNC(=O)CCCc3nc(C(C)(C)C)no3)cc2C1. The lowest BCUT2D eigenvalue weighted by Crippen LogP contribution is -2.33. The van der Waals surface area contributed by atoms with Gasteiger partial charge in [0.2, 0.25) is 11.8 Å². The number of hydrogen-bond donors (Lipinski definition) is 1. The van der Waals surface area contributed by atoms with Gasteiger partial charge < -0.3 is 14.6 Å². The van der Waals surface area contributed by atoms with Crippen molar-refractivity contribution < 1.29 is 18.8 Å². The summed E-state index contributed by atoms with van der Waals surface area (Å²) in [6, 6.07) is 6.06. The summed E-state index contributed by atoms with van der Waals surface area (Å²) in [5.41, 5.74) is 2.54. The van der Waals surface area contributed by atoms with Crippen molar-refractivity contribution in [1.82, 2.24) is 20.4 Å². The number of amides is 2. The predicted molar refractivity (Wildman–Crippen MR) is 120 cm³/mol. The van der Waals surface area contributed by atoms with Gasteiger partial charge >= 0.3 is 6.09 Å². The minimum atomic E-state index is -0.514. The Bertz CT molecular complexity index is 969. The van der Waals surface area contributed by atoms with Crippen LogP contribution in [-0.2, 0) is 41.0 Å². The molecule has 0 unspecified atom stereocenters. The highest BCUT2D eigenvalue weighted by Gasteiger charge is 2.27. The van der Waals surface area contributed by atoms with E-state index in [9.17, 15) is 9.59 Å². The Labute approximate surface area is 189 Å². The van der Waals surface area contributed by atoms with E-state index in [4.69, 9.17) is 9.26 Å². The van der Waals surface area contributed by atoms with Gasteiger partial charge in [0.15, 0.2) is 5.82 Å². The molecule has 0 fully saturated rings. The van der Waals surface area contributed by atoms with E-state index in [1.54, 1.807) is 4.90 Å². The molecule has 0 aliphatic carbocycles. The maximum atomic E-state index is 12.3. The molecule has 2 amide bonds. The number of fused-ring (bicyclic) bond motifs is 1. The summed E-state index contributed by atoms with van der Waals surface area (Å²) in [4.78, 5) is 30.6. The summed E-state index contributed by atoms with van der Waals surface area (Å²) in [7, 11) is 0. The second kappa shape index (κ2) is 9.30. The van der Waals surface area contributed by atoms with Gasteiger partial charge in [-0.05, 0) is 43.9 Å². The molecule has 1 aromatic heterocycles. The first-order valence-electron chi connectivity index (χ1n) is 11.1. The van der Waals surface area contributed by atoms with Gasteiger partial charge in [0.1, 0.15) is 5.60 Å². The van der Waals surface area contributed by atoms with Crippen LogP contribution in [0, 0.1) is 0 Å². The lowest BCUT2D eigenvalue weighted by molar-refractivity contribution is -0.121. The van der Waals surface area contributed by atoms with E-state index < -0.39 is 5.60 Å². The number of hydrogen-bond acceptors (Lipinski definition) is 6. The number of aryl methyl sites for hydroxylation is 1. The zero-order valence-corrected chi connectivity index (χ0v) is 19.9. The number of benzene rings is 1. The second-order valence-corrected chi connectivity index (χ2v) is 10.3. The summed E-state index contributed by atoms with van der Waals surface area (Å²) in [5, 5.41) is 6.96. The fourth-order valence-corrected chi connectivity index (χ4v) is 3.36. The highest BCUT2D eigenvalue weighted by atomic mass is 16.6. The molecule has 1 aliphatic rings. The fraction of sp³-hybridized carbons (Fsp3) is 0.583. The van der Waals surface area contributed by atoms with E-state index in [0.717, 1.165) is 16.7 Å². The van der Waals surface area contributed by atoms with Crippen molar-refractivity contribution in [3.05, 3.63) is 46.6 Å². The number of rotatable bonds is 6. The first-order chi connectivity index (χ1) is 14.9. The number of aromatic nitrogens is 2. The Hall–Kier alpha value is -2.90. The van der Waals surface area contributed by atoms with E-state index in [-0.39, 0.29) is 17.4 Å². The van der Waals surface area contributed by atoms with Crippen LogP contribution in [0.1, 0.15) is 82.8 Å². The van der Waals surface area contributed by atoms with Crippen molar-refractivity contribution >= 4 is 12.0 Å². The molecular weight excluding hydrogens is 408 g/mol. The Morgan fingerprint density at radius 3 is 2.50 bits per heavy atom. The molecule has 0 saturated heterocycles. The maximum absolute atomic E-state index is 12.3. The molecule has 1 N–H and O–H groups in total. The highest BCUT2D eigenvalue weighted by molar-refractivity contribution is 5.75. The largest absolute Gasteiger partial charge is 0.444 e. The third kappa shape index (κ3) is 6.55. The highest BCUT2D eigenvalue weighted by Crippen LogP contribution is 2.25. The van der Waals surface area contributed by atoms with Gasteiger partial charge in [-0.25, -0.2) is 4.79 Å². The van der Waals surface area contributed by atoms with E-state index in [1.165, 1.54) is 0 Å². The zero-order valence-electron chi connectivity index (χ0n) is 19.9. The molecule has 3 rings (SSSR count). The van der Waals surface area contributed by atoms with Crippen LogP contribution in [0.4, 0.5) is 4.79 Å². The van der Waals surface area contributed by atoms with Gasteiger partial charge in [0.25, 0.3) is 0 Å². The minimum Gasteiger partial charge on any atom is -0.444 e. The lowest BCUT2D eigenvalue weighted by Gasteiger charge is -2.24. The lowest BCUT2D eigenvalue weighted by atomic mass is 9.96. The van der Waals surface area contributed by atoms with Gasteiger partial charge in [-0.1, -0.05) is 44.1 Å². The molecule has 0 atom stereocenters. The standard InChI is InChI=1S/C24H34N4O4/c1-23(2,3)21-26-20(32-27-21)9-7-8-19(29)25-13-16-10-11-17-14-28(15-18(17)12-16)22(30)31-24(4,5)6/h10-12H,7-9,13-15H2,1-6H3,(H,25,29). The van der Waals surface area contributed by atoms with Crippen molar-refractivity contribution in [2.45, 2.75) is 91.5 Å². The van der Waals surface area contributed by atoms with Gasteiger partial charge in [-0.2, -0.15) is 4.98 Å². The molecule has 174 valence electrons. The Balaban J connectivity index is 1.43. The second-order valence-electron chi connectivity index (χ2n) is 10.3. The molecule has 0 bridgehead atoms. The van der Waals surface area contributed by atoms with Crippen LogP contribution < -0.4 is 5.32 Å². The van der Waals surface area contributed by atoms with Crippen LogP contribution in [0.15, 0.2) is 22.7 Å². The summed E-state index contributed by atoms with van der Waals surface area (Å²) in [6.07, 6.45) is 1.31. The Morgan fingerprint density at radius 2 is 1.84 bits per heavy atom. The molecule has 32 heavy (non-hydrogen) atoms. The fourth-order valence-electron chi connectivity index (χ4n) is 3.36. The van der Waals surface area contributed by atoms with Crippen molar-refractivity contribution in [3.8, 4) is 0 Å². The molecule has 1 aromatic carbocycles. The van der Waals surface area contributed by atoms with Crippen LogP contribution in [-0.4, -0.2) is 32.6 Å². The predicted octanol–water partition coefficient (Wildman–Crippen LogP) is 4.26. The molecule has 0 spiro atoms. The van der Waals surface area contributed by atoms with Crippen molar-refractivity contribution in [1.29, 1.82) is 0 Å². The summed E-state index contributed by atoms with van der Waals surface area (Å²) in [5.74, 6) is 1.23. The summed E-state index contributed by atoms with van der Waals surface area (Å²) >= 11 is 0. The number of carbonyl (C=O) groups excluding carboxylic acids is 2. The molecule has 1 aliphatic heterocycles. The number of nitrogens with one attached hydrogen (secondary N) is 1. The third-order valence-electron chi connectivity index (χ3n) is 5.07. The Kier molecular flexibility index (Phi) is 6.91. The van der Waals surface area contributed by atoms with Gasteiger partial charge in [0, 0.05) is 37.9 Å². The van der Waals surface area contributed by atoms with Crippen molar-refractivity contribution in [2.24, 2.45) is 0 Å². The number of ether oxygens (including phenoxy) is 1. The van der Waals surface area contributed by atoms with Crippen molar-refractivity contribution in [2.75, 3.05) is 0 Å². The first kappa shape index (κ1) is 23.8. The first-order valence-corrected chi connectivity index (χ1v) is 11.1. The molecule has 2 heterocycles. The molecule has 8 nitrogen and oxygen atoms in total. The van der Waals surface area contributed by atoms with E-state index in [0.29, 0.717) is 50.6 Å². The average molecular weight is 443 g/mol. The number of nitrogens with zero attached hydrogens (tertiary/aromatic N) is 3. The van der Waals surface area contributed by atoms with E-state index in [1.807, 2.05) is 59.7 Å². The summed E-state index contributed by atoms with van der Waals surface area (Å²) < 4.78 is 10.7. The molecule has 8 heteroatoms. The van der Waals surface area contributed by atoms with Crippen LogP contribution in [0.3, 0.4) is 0 Å². The average Bonchev–Trinajstić information content (AvgIpc) is 3.31. The van der Waals surface area contributed by atoms with E-state index in [2.05, 4.69) is 15.5 Å². The molecule has 2 aromatic rings.